The van der Waals surface area contributed by atoms with Gasteiger partial charge in [0.2, 0.25) is 0 Å². The number of benzene rings is 1. The Morgan fingerprint density at radius 2 is 1.74 bits per heavy atom. The van der Waals surface area contributed by atoms with Crippen molar-refractivity contribution in [3.05, 3.63) is 34.9 Å². The van der Waals surface area contributed by atoms with Crippen LogP contribution in [0.25, 0.3) is 11.3 Å². The lowest BCUT2D eigenvalue weighted by atomic mass is 9.87. The first-order chi connectivity index (χ1) is 13.1. The molecule has 2 saturated heterocycles. The second-order valence-electron chi connectivity index (χ2n) is 8.01. The normalized spacial score (nSPS) is 20.1. The third kappa shape index (κ3) is 4.00. The van der Waals surface area contributed by atoms with Gasteiger partial charge in [-0.05, 0) is 82.5 Å². The van der Waals surface area contributed by atoms with E-state index < -0.39 is 0 Å². The molecule has 2 aliphatic rings. The van der Waals surface area contributed by atoms with Crippen LogP contribution in [0.3, 0.4) is 0 Å². The molecule has 0 aliphatic carbocycles. The summed E-state index contributed by atoms with van der Waals surface area (Å²) in [5.74, 6) is 1.68. The number of anilines is 1. The minimum Gasteiger partial charge on any atom is -0.355 e. The Labute approximate surface area is 167 Å². The van der Waals surface area contributed by atoms with E-state index in [9.17, 15) is 0 Å². The second kappa shape index (κ2) is 8.21. The molecule has 0 amide bonds. The molecule has 27 heavy (non-hydrogen) atoms. The molecule has 3 heterocycles. The van der Waals surface area contributed by atoms with Gasteiger partial charge in [0, 0.05) is 23.7 Å². The number of aromatic amines is 1. The quantitative estimate of drug-likeness (QED) is 0.839. The maximum atomic E-state index is 6.11. The van der Waals surface area contributed by atoms with Crippen molar-refractivity contribution in [2.45, 2.75) is 37.6 Å². The van der Waals surface area contributed by atoms with Crippen LogP contribution in [-0.2, 0) is 0 Å². The number of hydrogen-bond donors (Lipinski definition) is 2. The summed E-state index contributed by atoms with van der Waals surface area (Å²) in [5, 5.41) is 12.5. The summed E-state index contributed by atoms with van der Waals surface area (Å²) < 4.78 is 0. The van der Waals surface area contributed by atoms with Gasteiger partial charge >= 0.3 is 0 Å². The number of piperidine rings is 2. The second-order valence-corrected chi connectivity index (χ2v) is 8.45. The lowest BCUT2D eigenvalue weighted by Crippen LogP contribution is -2.42. The van der Waals surface area contributed by atoms with Crippen molar-refractivity contribution in [3.8, 4) is 11.3 Å². The van der Waals surface area contributed by atoms with Crippen molar-refractivity contribution in [1.82, 2.24) is 20.4 Å². The highest BCUT2D eigenvalue weighted by Gasteiger charge is 2.30. The molecule has 0 unspecified atom stereocenters. The number of nitrogens with zero attached hydrogens (tertiary/aromatic N) is 3. The monoisotopic (exact) mass is 387 g/mol. The predicted molar refractivity (Wildman–Crippen MR) is 113 cm³/mol. The van der Waals surface area contributed by atoms with Gasteiger partial charge in [-0.25, -0.2) is 0 Å². The topological polar surface area (TPSA) is 47.2 Å². The number of likely N-dealkylation sites (tertiary alicyclic amines) is 1. The number of aromatic nitrogens is 2. The number of hydrogen-bond acceptors (Lipinski definition) is 4. The fraction of sp³-hybridized carbons (Fsp3) is 0.571. The zero-order valence-corrected chi connectivity index (χ0v) is 17.1. The molecule has 0 bridgehead atoms. The molecule has 0 radical (unpaired) electrons. The Kier molecular flexibility index (Phi) is 5.71. The van der Waals surface area contributed by atoms with Gasteiger partial charge in [-0.15, -0.1) is 0 Å². The molecule has 5 nitrogen and oxygen atoms in total. The van der Waals surface area contributed by atoms with Crippen molar-refractivity contribution in [2.24, 2.45) is 0 Å². The largest absolute Gasteiger partial charge is 0.355 e. The first-order valence-electron chi connectivity index (χ1n) is 10.1. The highest BCUT2D eigenvalue weighted by molar-refractivity contribution is 6.30. The first kappa shape index (κ1) is 18.8. The van der Waals surface area contributed by atoms with E-state index in [1.54, 1.807) is 0 Å². The van der Waals surface area contributed by atoms with Crippen LogP contribution in [0.5, 0.6) is 0 Å². The zero-order chi connectivity index (χ0) is 18.8. The maximum absolute atomic E-state index is 6.11. The van der Waals surface area contributed by atoms with Gasteiger partial charge in [-0.3, -0.25) is 5.10 Å². The summed E-state index contributed by atoms with van der Waals surface area (Å²) in [4.78, 5) is 4.85. The molecule has 1 aromatic carbocycles. The van der Waals surface area contributed by atoms with Crippen LogP contribution in [0, 0.1) is 0 Å². The smallest absolute Gasteiger partial charge is 0.154 e. The summed E-state index contributed by atoms with van der Waals surface area (Å²) in [6, 6.07) is 8.68. The van der Waals surface area contributed by atoms with Crippen LogP contribution in [0.1, 0.15) is 37.2 Å². The molecule has 0 spiro atoms. The standard InChI is InChI=1S/C21H30ClN5/c1-26-13-9-18(10-14-26)27(2)21-19(15-7-11-23-12-8-15)20(24-25-21)16-3-5-17(22)6-4-16/h3-6,15,18,23H,7-14H2,1-2H3,(H,24,25). The maximum Gasteiger partial charge on any atom is 0.154 e. The Balaban J connectivity index is 1.69. The van der Waals surface area contributed by atoms with Gasteiger partial charge in [0.05, 0.1) is 5.69 Å². The minimum atomic E-state index is 0.541. The van der Waals surface area contributed by atoms with Gasteiger partial charge in [-0.2, -0.15) is 5.10 Å². The molecule has 0 atom stereocenters. The summed E-state index contributed by atoms with van der Waals surface area (Å²) >= 11 is 6.11. The molecule has 2 aliphatic heterocycles. The number of halogens is 1. The van der Waals surface area contributed by atoms with Gasteiger partial charge in [0.1, 0.15) is 0 Å². The molecular weight excluding hydrogens is 358 g/mol. The zero-order valence-electron chi connectivity index (χ0n) is 16.3. The summed E-state index contributed by atoms with van der Waals surface area (Å²) in [6.45, 7) is 4.47. The van der Waals surface area contributed by atoms with Crippen LogP contribution < -0.4 is 10.2 Å². The lowest BCUT2D eigenvalue weighted by Gasteiger charge is -2.36. The Hall–Kier alpha value is -1.56. The fourth-order valence-electron chi connectivity index (χ4n) is 4.50. The summed E-state index contributed by atoms with van der Waals surface area (Å²) in [6.07, 6.45) is 4.71. The summed E-state index contributed by atoms with van der Waals surface area (Å²) in [5.41, 5.74) is 3.72. The van der Waals surface area contributed by atoms with E-state index in [-0.39, 0.29) is 0 Å². The van der Waals surface area contributed by atoms with Crippen molar-refractivity contribution in [2.75, 3.05) is 45.2 Å². The minimum absolute atomic E-state index is 0.541. The number of H-pyrrole nitrogens is 1. The average molecular weight is 388 g/mol. The Morgan fingerprint density at radius 1 is 1.07 bits per heavy atom. The molecule has 146 valence electrons. The van der Waals surface area contributed by atoms with E-state index in [1.165, 1.54) is 24.0 Å². The van der Waals surface area contributed by atoms with Gasteiger partial charge in [-0.1, -0.05) is 23.7 Å². The van der Waals surface area contributed by atoms with E-state index in [1.807, 2.05) is 12.1 Å². The van der Waals surface area contributed by atoms with Crippen molar-refractivity contribution < 1.29 is 0 Å². The molecule has 0 saturated carbocycles. The molecule has 6 heteroatoms. The highest BCUT2D eigenvalue weighted by Crippen LogP contribution is 2.40. The number of nitrogens with one attached hydrogen (secondary N) is 2. The van der Waals surface area contributed by atoms with Crippen molar-refractivity contribution in [3.63, 3.8) is 0 Å². The molecule has 2 N–H and O–H groups in total. The van der Waals surface area contributed by atoms with Crippen LogP contribution in [-0.4, -0.2) is 61.4 Å². The van der Waals surface area contributed by atoms with E-state index >= 15 is 0 Å². The predicted octanol–water partition coefficient (Wildman–Crippen LogP) is 3.73. The van der Waals surface area contributed by atoms with Crippen molar-refractivity contribution >= 4 is 17.4 Å². The third-order valence-electron chi connectivity index (χ3n) is 6.23. The fourth-order valence-corrected chi connectivity index (χ4v) is 4.63. The van der Waals surface area contributed by atoms with E-state index in [2.05, 4.69) is 46.4 Å². The van der Waals surface area contributed by atoms with Gasteiger partial charge in [0.15, 0.2) is 5.82 Å². The third-order valence-corrected chi connectivity index (χ3v) is 6.49. The number of rotatable bonds is 4. The molecular formula is C21H30ClN5. The van der Waals surface area contributed by atoms with Gasteiger partial charge < -0.3 is 15.1 Å². The Bertz CT molecular complexity index is 742. The molecule has 2 fully saturated rings. The average Bonchev–Trinajstić information content (AvgIpc) is 3.14. The van der Waals surface area contributed by atoms with E-state index in [4.69, 9.17) is 16.7 Å². The van der Waals surface area contributed by atoms with Gasteiger partial charge in [0.25, 0.3) is 0 Å². The summed E-state index contributed by atoms with van der Waals surface area (Å²) in [7, 11) is 4.44. The molecule has 1 aromatic heterocycles. The molecule has 2 aromatic rings. The SMILES string of the molecule is CN1CCC(N(C)c2n[nH]c(-c3ccc(Cl)cc3)c2C2CCNCC2)CC1. The lowest BCUT2D eigenvalue weighted by molar-refractivity contribution is 0.252. The molecule has 4 rings (SSSR count). The van der Waals surface area contributed by atoms with Crippen LogP contribution in [0.2, 0.25) is 5.02 Å². The van der Waals surface area contributed by atoms with Crippen LogP contribution in [0.4, 0.5) is 5.82 Å². The highest BCUT2D eigenvalue weighted by atomic mass is 35.5. The van der Waals surface area contributed by atoms with E-state index in [0.29, 0.717) is 12.0 Å². The van der Waals surface area contributed by atoms with Crippen LogP contribution in [0.15, 0.2) is 24.3 Å². The van der Waals surface area contributed by atoms with E-state index in [0.717, 1.165) is 55.6 Å². The first-order valence-corrected chi connectivity index (χ1v) is 10.5. The van der Waals surface area contributed by atoms with Crippen LogP contribution >= 0.6 is 11.6 Å². The van der Waals surface area contributed by atoms with Crippen molar-refractivity contribution in [1.29, 1.82) is 0 Å². The Morgan fingerprint density at radius 3 is 2.41 bits per heavy atom.